The van der Waals surface area contributed by atoms with Gasteiger partial charge in [0.1, 0.15) is 5.60 Å². The van der Waals surface area contributed by atoms with Gasteiger partial charge in [0.2, 0.25) is 0 Å². The Morgan fingerprint density at radius 1 is 1.25 bits per heavy atom. The number of urea groups is 1. The van der Waals surface area contributed by atoms with Crippen molar-refractivity contribution in [2.24, 2.45) is 5.41 Å². The van der Waals surface area contributed by atoms with Crippen LogP contribution in [0.2, 0.25) is 0 Å². The summed E-state index contributed by atoms with van der Waals surface area (Å²) in [4.78, 5) is 14.3. The van der Waals surface area contributed by atoms with Crippen LogP contribution in [0.1, 0.15) is 37.7 Å². The van der Waals surface area contributed by atoms with Gasteiger partial charge in [0, 0.05) is 25.6 Å². The van der Waals surface area contributed by atoms with E-state index in [1.807, 2.05) is 30.3 Å². The van der Waals surface area contributed by atoms with Gasteiger partial charge in [-0.05, 0) is 24.8 Å². The molecule has 2 N–H and O–H groups in total. The van der Waals surface area contributed by atoms with Gasteiger partial charge in [-0.2, -0.15) is 0 Å². The van der Waals surface area contributed by atoms with Crippen LogP contribution in [0, 0.1) is 5.41 Å². The molecule has 24 heavy (non-hydrogen) atoms. The van der Waals surface area contributed by atoms with Gasteiger partial charge < -0.3 is 20.1 Å². The molecule has 1 aliphatic heterocycles. The summed E-state index contributed by atoms with van der Waals surface area (Å²) in [7, 11) is 1.72. The predicted molar refractivity (Wildman–Crippen MR) is 92.7 cm³/mol. The molecule has 0 bridgehead atoms. The molecule has 1 atom stereocenters. The number of β-amino-alcohol motifs (C(OH)–C–C–N with tert-alkyl or cyclic N) is 1. The number of methoxy groups -OCH3 is 1. The molecular weight excluding hydrogens is 304 g/mol. The molecule has 1 aromatic rings. The number of carbonyl (C=O) groups excluding carboxylic acids is 1. The highest BCUT2D eigenvalue weighted by Gasteiger charge is 2.40. The molecule has 2 aliphatic rings. The minimum absolute atomic E-state index is 0.0794. The van der Waals surface area contributed by atoms with Gasteiger partial charge in [-0.15, -0.1) is 0 Å². The summed E-state index contributed by atoms with van der Waals surface area (Å²) in [6.07, 6.45) is 5.20. The molecule has 1 aliphatic carbocycles. The van der Waals surface area contributed by atoms with E-state index >= 15 is 0 Å². The van der Waals surface area contributed by atoms with E-state index in [0.29, 0.717) is 32.7 Å². The lowest BCUT2D eigenvalue weighted by atomic mass is 9.87. The summed E-state index contributed by atoms with van der Waals surface area (Å²) in [5.74, 6) is 0. The lowest BCUT2D eigenvalue weighted by Gasteiger charge is -2.30. The van der Waals surface area contributed by atoms with Crippen molar-refractivity contribution in [3.05, 3.63) is 35.9 Å². The second-order valence-corrected chi connectivity index (χ2v) is 7.37. The van der Waals surface area contributed by atoms with Crippen LogP contribution in [0.15, 0.2) is 30.3 Å². The lowest BCUT2D eigenvalue weighted by Crippen LogP contribution is -2.45. The van der Waals surface area contributed by atoms with Crippen molar-refractivity contribution in [3.8, 4) is 0 Å². The zero-order valence-corrected chi connectivity index (χ0v) is 14.5. The number of nitrogens with zero attached hydrogens (tertiary/aromatic N) is 1. The molecule has 0 unspecified atom stereocenters. The maximum absolute atomic E-state index is 12.5. The molecule has 1 heterocycles. The molecule has 5 nitrogen and oxygen atoms in total. The Morgan fingerprint density at radius 2 is 1.96 bits per heavy atom. The fourth-order valence-corrected chi connectivity index (χ4v) is 4.13. The van der Waals surface area contributed by atoms with Gasteiger partial charge in [-0.25, -0.2) is 4.79 Å². The first-order valence-corrected chi connectivity index (χ1v) is 8.87. The van der Waals surface area contributed by atoms with E-state index in [2.05, 4.69) is 5.32 Å². The van der Waals surface area contributed by atoms with E-state index in [9.17, 15) is 9.90 Å². The maximum Gasteiger partial charge on any atom is 0.317 e. The van der Waals surface area contributed by atoms with Crippen molar-refractivity contribution >= 4 is 6.03 Å². The summed E-state index contributed by atoms with van der Waals surface area (Å²) in [6.45, 7) is 2.27. The molecule has 5 heteroatoms. The molecule has 1 saturated carbocycles. The maximum atomic E-state index is 12.5. The Morgan fingerprint density at radius 3 is 2.62 bits per heavy atom. The number of benzene rings is 1. The Bertz CT molecular complexity index is 557. The van der Waals surface area contributed by atoms with E-state index < -0.39 is 5.60 Å². The highest BCUT2D eigenvalue weighted by molar-refractivity contribution is 5.74. The summed E-state index contributed by atoms with van der Waals surface area (Å²) >= 11 is 0. The van der Waals surface area contributed by atoms with Crippen LogP contribution in [0.3, 0.4) is 0 Å². The number of aliphatic hydroxyl groups is 1. The summed E-state index contributed by atoms with van der Waals surface area (Å²) < 4.78 is 5.37. The summed E-state index contributed by atoms with van der Waals surface area (Å²) in [5, 5.41) is 13.9. The lowest BCUT2D eigenvalue weighted by molar-refractivity contribution is 0.0486. The number of carbonyl (C=O) groups is 1. The molecule has 3 rings (SSSR count). The van der Waals surface area contributed by atoms with Crippen LogP contribution < -0.4 is 5.32 Å². The average Bonchev–Trinajstić information content (AvgIpc) is 3.22. The predicted octanol–water partition coefficient (Wildman–Crippen LogP) is 2.50. The van der Waals surface area contributed by atoms with Gasteiger partial charge >= 0.3 is 6.03 Å². The third-order valence-electron chi connectivity index (χ3n) is 5.58. The zero-order chi connectivity index (χ0) is 17.0. The van der Waals surface area contributed by atoms with Crippen molar-refractivity contribution in [1.29, 1.82) is 0 Å². The molecular formula is C19H28N2O3. The number of amides is 2. The van der Waals surface area contributed by atoms with Crippen LogP contribution in [0.4, 0.5) is 4.79 Å². The van der Waals surface area contributed by atoms with Crippen molar-refractivity contribution in [3.63, 3.8) is 0 Å². The third-order valence-corrected chi connectivity index (χ3v) is 5.58. The first-order valence-electron chi connectivity index (χ1n) is 8.87. The quantitative estimate of drug-likeness (QED) is 0.871. The van der Waals surface area contributed by atoms with E-state index in [1.54, 1.807) is 12.0 Å². The van der Waals surface area contributed by atoms with Crippen molar-refractivity contribution in [1.82, 2.24) is 10.2 Å². The molecule has 0 radical (unpaired) electrons. The number of ether oxygens (including phenoxy) is 1. The second kappa shape index (κ2) is 7.11. The minimum atomic E-state index is -0.934. The number of nitrogens with one attached hydrogen (secondary N) is 1. The Balaban J connectivity index is 1.57. The molecule has 2 amide bonds. The van der Waals surface area contributed by atoms with Gasteiger partial charge in [-0.1, -0.05) is 43.2 Å². The van der Waals surface area contributed by atoms with E-state index in [4.69, 9.17) is 4.74 Å². The molecule has 0 spiro atoms. The standard InChI is InChI=1S/C19H28N2O3/c1-24-15-18(9-5-6-10-18)13-20-17(22)21-12-11-19(23,14-21)16-7-3-2-4-8-16/h2-4,7-8,23H,5-6,9-15H2,1H3,(H,20,22)/t19-/m0/s1. The first-order chi connectivity index (χ1) is 11.6. The first kappa shape index (κ1) is 17.2. The van der Waals surface area contributed by atoms with Gasteiger partial charge in [-0.3, -0.25) is 0 Å². The molecule has 132 valence electrons. The molecule has 1 saturated heterocycles. The highest BCUT2D eigenvalue weighted by Crippen LogP contribution is 2.38. The molecule has 0 aromatic heterocycles. The Hall–Kier alpha value is -1.59. The van der Waals surface area contributed by atoms with Crippen molar-refractivity contribution in [2.75, 3.05) is 33.4 Å². The monoisotopic (exact) mass is 332 g/mol. The van der Waals surface area contributed by atoms with Crippen LogP contribution in [-0.4, -0.2) is 49.4 Å². The van der Waals surface area contributed by atoms with Gasteiger partial charge in [0.25, 0.3) is 0 Å². The van der Waals surface area contributed by atoms with Gasteiger partial charge in [0.05, 0.1) is 13.2 Å². The topological polar surface area (TPSA) is 61.8 Å². The van der Waals surface area contributed by atoms with Crippen molar-refractivity contribution < 1.29 is 14.6 Å². The molecule has 2 fully saturated rings. The number of rotatable bonds is 5. The molecule has 1 aromatic carbocycles. The zero-order valence-electron chi connectivity index (χ0n) is 14.5. The normalized spacial score (nSPS) is 25.8. The fourth-order valence-electron chi connectivity index (χ4n) is 4.13. The van der Waals surface area contributed by atoms with Crippen molar-refractivity contribution in [2.45, 2.75) is 37.7 Å². The van der Waals surface area contributed by atoms with Crippen LogP contribution >= 0.6 is 0 Å². The fraction of sp³-hybridized carbons (Fsp3) is 0.632. The SMILES string of the molecule is COCC1(CNC(=O)N2CC[C@@](O)(c3ccccc3)C2)CCCC1. The number of hydrogen-bond acceptors (Lipinski definition) is 3. The third kappa shape index (κ3) is 3.57. The summed E-state index contributed by atoms with van der Waals surface area (Å²) in [5.41, 5.74) is 0.0303. The van der Waals surface area contributed by atoms with E-state index in [1.165, 1.54) is 12.8 Å². The smallest absolute Gasteiger partial charge is 0.317 e. The summed E-state index contributed by atoms with van der Waals surface area (Å²) in [6, 6.07) is 9.55. The van der Waals surface area contributed by atoms with Gasteiger partial charge in [0.15, 0.2) is 0 Å². The number of hydrogen-bond donors (Lipinski definition) is 2. The minimum Gasteiger partial charge on any atom is -0.384 e. The van der Waals surface area contributed by atoms with E-state index in [-0.39, 0.29) is 11.4 Å². The Kier molecular flexibility index (Phi) is 5.11. The van der Waals surface area contributed by atoms with E-state index in [0.717, 1.165) is 18.4 Å². The largest absolute Gasteiger partial charge is 0.384 e. The van der Waals surface area contributed by atoms with Crippen LogP contribution in [0.5, 0.6) is 0 Å². The average molecular weight is 332 g/mol. The van der Waals surface area contributed by atoms with Crippen LogP contribution in [-0.2, 0) is 10.3 Å². The van der Waals surface area contributed by atoms with Crippen LogP contribution in [0.25, 0.3) is 0 Å². The Labute approximate surface area is 144 Å². The second-order valence-electron chi connectivity index (χ2n) is 7.37. The highest BCUT2D eigenvalue weighted by atomic mass is 16.5. The number of likely N-dealkylation sites (tertiary alicyclic amines) is 1.